The summed E-state index contributed by atoms with van der Waals surface area (Å²) in [6.45, 7) is -0.0653. The third-order valence-electron chi connectivity index (χ3n) is 1.50. The molecule has 0 amide bonds. The molecule has 0 saturated heterocycles. The average molecular weight is 189 g/mol. The third kappa shape index (κ3) is 3.36. The molecule has 0 unspecified atom stereocenters. The third-order valence-corrected chi connectivity index (χ3v) is 1.50. The molecule has 4 heteroatoms. The molecule has 1 rings (SSSR count). The quantitative estimate of drug-likeness (QED) is 0.718. The van der Waals surface area contributed by atoms with Gasteiger partial charge in [0.25, 0.3) is 0 Å². The summed E-state index contributed by atoms with van der Waals surface area (Å²) in [5.41, 5.74) is 0.339. The summed E-state index contributed by atoms with van der Waals surface area (Å²) < 4.78 is 36.8. The van der Waals surface area contributed by atoms with Crippen LogP contribution in [0.2, 0.25) is 0 Å². The zero-order valence-electron chi connectivity index (χ0n) is 6.99. The van der Waals surface area contributed by atoms with E-state index in [1.807, 2.05) is 0 Å². The van der Waals surface area contributed by atoms with Gasteiger partial charge < -0.3 is 5.32 Å². The molecule has 0 aliphatic rings. The van der Waals surface area contributed by atoms with Gasteiger partial charge in [0, 0.05) is 18.3 Å². The smallest absolute Gasteiger partial charge is 0.128 e. The van der Waals surface area contributed by atoms with Crippen molar-refractivity contribution in [2.45, 2.75) is 6.42 Å². The Balaban J connectivity index is 2.56. The van der Waals surface area contributed by atoms with Crippen LogP contribution in [0.3, 0.4) is 0 Å². The highest BCUT2D eigenvalue weighted by Gasteiger charge is 1.98. The highest BCUT2D eigenvalue weighted by atomic mass is 19.1. The van der Waals surface area contributed by atoms with Crippen LogP contribution in [0.5, 0.6) is 0 Å². The van der Waals surface area contributed by atoms with Gasteiger partial charge in [-0.1, -0.05) is 0 Å². The van der Waals surface area contributed by atoms with E-state index >= 15 is 0 Å². The molecular formula is C9H10F3N. The summed E-state index contributed by atoms with van der Waals surface area (Å²) in [7, 11) is 0. The van der Waals surface area contributed by atoms with E-state index in [1.54, 1.807) is 0 Å². The SMILES string of the molecule is FCCCNc1cc(F)cc(F)c1. The second-order valence-electron chi connectivity index (χ2n) is 2.63. The number of benzene rings is 1. The van der Waals surface area contributed by atoms with Gasteiger partial charge in [-0.25, -0.2) is 8.78 Å². The fourth-order valence-electron chi connectivity index (χ4n) is 0.955. The van der Waals surface area contributed by atoms with Crippen molar-refractivity contribution in [3.05, 3.63) is 29.8 Å². The molecule has 0 aromatic heterocycles. The van der Waals surface area contributed by atoms with E-state index in [9.17, 15) is 13.2 Å². The Labute approximate surface area is 74.6 Å². The molecule has 1 nitrogen and oxygen atoms in total. The Kier molecular flexibility index (Phi) is 3.61. The van der Waals surface area contributed by atoms with E-state index in [1.165, 1.54) is 12.1 Å². The van der Waals surface area contributed by atoms with E-state index in [0.29, 0.717) is 18.7 Å². The van der Waals surface area contributed by atoms with Crippen LogP contribution in [0.1, 0.15) is 6.42 Å². The predicted molar refractivity (Wildman–Crippen MR) is 45.4 cm³/mol. The molecule has 72 valence electrons. The summed E-state index contributed by atoms with van der Waals surface area (Å²) in [6.07, 6.45) is 0.331. The molecule has 1 aromatic carbocycles. The first-order valence-corrected chi connectivity index (χ1v) is 3.98. The largest absolute Gasteiger partial charge is 0.385 e. The van der Waals surface area contributed by atoms with E-state index in [-0.39, 0.29) is 0 Å². The highest BCUT2D eigenvalue weighted by molar-refractivity contribution is 5.43. The lowest BCUT2D eigenvalue weighted by Gasteiger charge is -2.04. The monoisotopic (exact) mass is 189 g/mol. The number of rotatable bonds is 4. The normalized spacial score (nSPS) is 10.1. The van der Waals surface area contributed by atoms with Gasteiger partial charge in [-0.15, -0.1) is 0 Å². The topological polar surface area (TPSA) is 12.0 Å². The molecule has 0 fully saturated rings. The van der Waals surface area contributed by atoms with Crippen LogP contribution in [0, 0.1) is 11.6 Å². The Morgan fingerprint density at radius 3 is 2.23 bits per heavy atom. The first-order valence-electron chi connectivity index (χ1n) is 3.98. The van der Waals surface area contributed by atoms with Gasteiger partial charge in [0.1, 0.15) is 11.6 Å². The maximum atomic E-state index is 12.6. The van der Waals surface area contributed by atoms with Gasteiger partial charge in [-0.05, 0) is 18.6 Å². The van der Waals surface area contributed by atoms with Crippen LogP contribution in [-0.4, -0.2) is 13.2 Å². The van der Waals surface area contributed by atoms with Gasteiger partial charge in [0.2, 0.25) is 0 Å². The molecule has 0 heterocycles. The summed E-state index contributed by atoms with van der Waals surface area (Å²) in [6, 6.07) is 3.13. The zero-order chi connectivity index (χ0) is 9.68. The highest BCUT2D eigenvalue weighted by Crippen LogP contribution is 2.12. The minimum atomic E-state index is -0.636. The van der Waals surface area contributed by atoms with Crippen LogP contribution >= 0.6 is 0 Å². The summed E-state index contributed by atoms with van der Waals surface area (Å²) in [4.78, 5) is 0. The van der Waals surface area contributed by atoms with E-state index in [4.69, 9.17) is 0 Å². The zero-order valence-corrected chi connectivity index (χ0v) is 6.99. The molecule has 0 bridgehead atoms. The van der Waals surface area contributed by atoms with Crippen LogP contribution in [-0.2, 0) is 0 Å². The summed E-state index contributed by atoms with van der Waals surface area (Å²) >= 11 is 0. The molecule has 0 spiro atoms. The maximum absolute atomic E-state index is 12.6. The van der Waals surface area contributed by atoms with E-state index < -0.39 is 18.3 Å². The van der Waals surface area contributed by atoms with Crippen molar-refractivity contribution in [3.8, 4) is 0 Å². The molecule has 0 saturated carbocycles. The number of hydrogen-bond donors (Lipinski definition) is 1. The lowest BCUT2D eigenvalue weighted by molar-refractivity contribution is 0.481. The molecule has 0 aliphatic carbocycles. The van der Waals surface area contributed by atoms with Gasteiger partial charge in [0.15, 0.2) is 0 Å². The van der Waals surface area contributed by atoms with Crippen molar-refractivity contribution < 1.29 is 13.2 Å². The predicted octanol–water partition coefficient (Wildman–Crippen LogP) is 2.74. The van der Waals surface area contributed by atoms with Gasteiger partial charge in [-0.3, -0.25) is 4.39 Å². The summed E-state index contributed by atoms with van der Waals surface area (Å²) in [5, 5.41) is 2.71. The molecular weight excluding hydrogens is 179 g/mol. The second kappa shape index (κ2) is 4.74. The molecule has 1 aromatic rings. The summed E-state index contributed by atoms with van der Waals surface area (Å²) in [5.74, 6) is -1.27. The Morgan fingerprint density at radius 1 is 1.08 bits per heavy atom. The van der Waals surface area contributed by atoms with Gasteiger partial charge in [-0.2, -0.15) is 0 Å². The molecule has 0 radical (unpaired) electrons. The number of alkyl halides is 1. The fraction of sp³-hybridized carbons (Fsp3) is 0.333. The Hall–Kier alpha value is -1.19. The Morgan fingerprint density at radius 2 is 1.69 bits per heavy atom. The van der Waals surface area contributed by atoms with Crippen molar-refractivity contribution in [1.29, 1.82) is 0 Å². The van der Waals surface area contributed by atoms with Crippen molar-refractivity contribution in [1.82, 2.24) is 0 Å². The first kappa shape index (κ1) is 9.89. The van der Waals surface area contributed by atoms with Crippen molar-refractivity contribution >= 4 is 5.69 Å². The van der Waals surface area contributed by atoms with Crippen LogP contribution in [0.25, 0.3) is 0 Å². The fourth-order valence-corrected chi connectivity index (χ4v) is 0.955. The number of hydrogen-bond acceptors (Lipinski definition) is 1. The van der Waals surface area contributed by atoms with Gasteiger partial charge in [0.05, 0.1) is 6.67 Å². The van der Waals surface area contributed by atoms with Crippen molar-refractivity contribution in [2.75, 3.05) is 18.5 Å². The Bertz CT molecular complexity index is 255. The van der Waals surface area contributed by atoms with Crippen molar-refractivity contribution in [3.63, 3.8) is 0 Å². The van der Waals surface area contributed by atoms with Crippen LogP contribution in [0.4, 0.5) is 18.9 Å². The molecule has 0 atom stereocenters. The van der Waals surface area contributed by atoms with Crippen molar-refractivity contribution in [2.24, 2.45) is 0 Å². The van der Waals surface area contributed by atoms with E-state index in [2.05, 4.69) is 5.32 Å². The number of nitrogens with one attached hydrogen (secondary N) is 1. The first-order chi connectivity index (χ1) is 6.22. The van der Waals surface area contributed by atoms with Crippen LogP contribution < -0.4 is 5.32 Å². The molecule has 0 aliphatic heterocycles. The average Bonchev–Trinajstić information content (AvgIpc) is 2.03. The number of halogens is 3. The lowest BCUT2D eigenvalue weighted by atomic mass is 10.3. The number of anilines is 1. The standard InChI is InChI=1S/C9H10F3N/c10-2-1-3-13-9-5-7(11)4-8(12)6-9/h4-6,13H,1-3H2. The van der Waals surface area contributed by atoms with E-state index in [0.717, 1.165) is 6.07 Å². The van der Waals surface area contributed by atoms with Crippen LogP contribution in [0.15, 0.2) is 18.2 Å². The minimum Gasteiger partial charge on any atom is -0.385 e. The minimum absolute atomic E-state index is 0.331. The molecule has 13 heavy (non-hydrogen) atoms. The van der Waals surface area contributed by atoms with Gasteiger partial charge >= 0.3 is 0 Å². The second-order valence-corrected chi connectivity index (χ2v) is 2.63. The molecule has 1 N–H and O–H groups in total. The maximum Gasteiger partial charge on any atom is 0.128 e. The lowest BCUT2D eigenvalue weighted by Crippen LogP contribution is -2.02.